The first kappa shape index (κ1) is 11.1. The largest absolute Gasteiger partial charge is 0.465 e. The van der Waals surface area contributed by atoms with E-state index in [1.807, 2.05) is 0 Å². The first-order chi connectivity index (χ1) is 5.49. The standard InChI is InChI=1S/C8H12O3S/c1-6(2)5-7(12(4)10)8(9)11-3/h1-4H3. The Labute approximate surface area is 74.6 Å². The van der Waals surface area contributed by atoms with Crippen LogP contribution in [0, 0.1) is 0 Å². The lowest BCUT2D eigenvalue weighted by Crippen LogP contribution is -2.08. The van der Waals surface area contributed by atoms with Crippen LogP contribution in [-0.4, -0.2) is 23.5 Å². The minimum absolute atomic E-state index is 0.0810. The topological polar surface area (TPSA) is 43.4 Å². The molecule has 0 aromatic rings. The number of ether oxygens (including phenoxy) is 1. The van der Waals surface area contributed by atoms with Crippen LogP contribution in [0.1, 0.15) is 13.8 Å². The van der Waals surface area contributed by atoms with E-state index in [2.05, 4.69) is 10.5 Å². The molecule has 0 aliphatic rings. The molecule has 0 aliphatic carbocycles. The van der Waals surface area contributed by atoms with Crippen molar-refractivity contribution in [2.45, 2.75) is 13.8 Å². The number of hydrogen-bond acceptors (Lipinski definition) is 3. The van der Waals surface area contributed by atoms with Gasteiger partial charge in [0.25, 0.3) is 0 Å². The van der Waals surface area contributed by atoms with Crippen LogP contribution in [0.15, 0.2) is 16.2 Å². The molecule has 0 saturated carbocycles. The molecular weight excluding hydrogens is 176 g/mol. The number of hydrogen-bond donors (Lipinski definition) is 0. The van der Waals surface area contributed by atoms with Crippen molar-refractivity contribution >= 4 is 16.8 Å². The van der Waals surface area contributed by atoms with E-state index < -0.39 is 16.8 Å². The zero-order chi connectivity index (χ0) is 9.72. The summed E-state index contributed by atoms with van der Waals surface area (Å²) in [7, 11) is -0.0919. The van der Waals surface area contributed by atoms with Crippen LogP contribution in [-0.2, 0) is 20.3 Å². The van der Waals surface area contributed by atoms with E-state index in [4.69, 9.17) is 0 Å². The van der Waals surface area contributed by atoms with Gasteiger partial charge in [-0.15, -0.1) is 0 Å². The highest BCUT2D eigenvalue weighted by atomic mass is 32.2. The maximum atomic E-state index is 11.0. The van der Waals surface area contributed by atoms with Gasteiger partial charge in [-0.05, 0) is 19.4 Å². The fourth-order valence-corrected chi connectivity index (χ4v) is 1.23. The zero-order valence-corrected chi connectivity index (χ0v) is 8.45. The highest BCUT2D eigenvalue weighted by molar-refractivity contribution is 7.89. The molecule has 0 spiro atoms. The molecule has 0 saturated heterocycles. The van der Waals surface area contributed by atoms with Crippen LogP contribution in [0.2, 0.25) is 0 Å². The first-order valence-corrected chi connectivity index (χ1v) is 4.90. The number of esters is 1. The van der Waals surface area contributed by atoms with Gasteiger partial charge in [0.05, 0.1) is 17.9 Å². The summed E-state index contributed by atoms with van der Waals surface area (Å²) in [5, 5.41) is 0. The molecule has 3 nitrogen and oxygen atoms in total. The predicted octanol–water partition coefficient (Wildman–Crippen LogP) is 0.987. The lowest BCUT2D eigenvalue weighted by Gasteiger charge is -1.97. The molecule has 0 aromatic heterocycles. The molecule has 1 unspecified atom stereocenters. The second kappa shape index (κ2) is 4.91. The Morgan fingerprint density at radius 1 is 1.42 bits per heavy atom. The zero-order valence-electron chi connectivity index (χ0n) is 7.63. The Bertz CT molecular complexity index is 268. The summed E-state index contributed by atoms with van der Waals surface area (Å²) in [6, 6.07) is 0. The van der Waals surface area contributed by atoms with Crippen LogP contribution in [0.3, 0.4) is 0 Å². The van der Waals surface area contributed by atoms with E-state index >= 15 is 0 Å². The second-order valence-corrected chi connectivity index (χ2v) is 3.72. The third-order valence-corrected chi connectivity index (χ3v) is 1.87. The van der Waals surface area contributed by atoms with E-state index in [0.29, 0.717) is 0 Å². The molecule has 1 atom stereocenters. The lowest BCUT2D eigenvalue weighted by molar-refractivity contribution is -0.135. The Morgan fingerprint density at radius 2 is 1.92 bits per heavy atom. The summed E-state index contributed by atoms with van der Waals surface area (Å²) >= 11 is 0. The van der Waals surface area contributed by atoms with Crippen LogP contribution >= 0.6 is 0 Å². The molecule has 0 radical (unpaired) electrons. The van der Waals surface area contributed by atoms with E-state index in [-0.39, 0.29) is 4.91 Å². The molecule has 0 aliphatic heterocycles. The van der Waals surface area contributed by atoms with E-state index in [9.17, 15) is 9.00 Å². The van der Waals surface area contributed by atoms with Crippen LogP contribution in [0.4, 0.5) is 0 Å². The van der Waals surface area contributed by atoms with Crippen LogP contribution < -0.4 is 0 Å². The predicted molar refractivity (Wildman–Crippen MR) is 48.0 cm³/mol. The molecule has 68 valence electrons. The fourth-order valence-electron chi connectivity index (χ4n) is 0.560. The van der Waals surface area contributed by atoms with Gasteiger partial charge in [-0.1, -0.05) is 5.73 Å². The monoisotopic (exact) mass is 188 g/mol. The van der Waals surface area contributed by atoms with E-state index in [1.165, 1.54) is 13.4 Å². The van der Waals surface area contributed by atoms with Gasteiger partial charge < -0.3 is 4.74 Å². The van der Waals surface area contributed by atoms with E-state index in [0.717, 1.165) is 5.57 Å². The molecule has 0 bridgehead atoms. The molecule has 0 fully saturated rings. The second-order valence-electron chi connectivity index (χ2n) is 2.40. The van der Waals surface area contributed by atoms with Gasteiger partial charge in [0, 0.05) is 6.26 Å². The fraction of sp³-hybridized carbons (Fsp3) is 0.500. The molecule has 4 heteroatoms. The highest BCUT2D eigenvalue weighted by Crippen LogP contribution is 2.01. The maximum absolute atomic E-state index is 11.0. The Balaban J connectivity index is 5.08. The molecular formula is C8H12O3S. The van der Waals surface area contributed by atoms with E-state index in [1.54, 1.807) is 13.8 Å². The average molecular weight is 188 g/mol. The summed E-state index contributed by atoms with van der Waals surface area (Å²) < 4.78 is 15.4. The Hall–Kier alpha value is -0.860. The molecule has 0 N–H and O–H groups in total. The summed E-state index contributed by atoms with van der Waals surface area (Å²) in [6.45, 7) is 3.55. The number of carbonyl (C=O) groups excluding carboxylic acids is 1. The van der Waals surface area contributed by atoms with Crippen molar-refractivity contribution in [3.63, 3.8) is 0 Å². The van der Waals surface area contributed by atoms with Crippen molar-refractivity contribution < 1.29 is 13.7 Å². The Morgan fingerprint density at radius 3 is 2.17 bits per heavy atom. The van der Waals surface area contributed by atoms with Gasteiger partial charge in [-0.25, -0.2) is 4.79 Å². The molecule has 0 heterocycles. The third-order valence-electron chi connectivity index (χ3n) is 1.02. The van der Waals surface area contributed by atoms with Crippen molar-refractivity contribution in [2.24, 2.45) is 0 Å². The third kappa shape index (κ3) is 3.51. The average Bonchev–Trinajstić information content (AvgIpc) is 1.98. The number of rotatable bonds is 2. The number of methoxy groups -OCH3 is 1. The summed E-state index contributed by atoms with van der Waals surface area (Å²) in [5.41, 5.74) is 3.49. The lowest BCUT2D eigenvalue weighted by atomic mass is 10.4. The van der Waals surface area contributed by atoms with Crippen LogP contribution in [0.25, 0.3) is 0 Å². The smallest absolute Gasteiger partial charge is 0.354 e. The van der Waals surface area contributed by atoms with Crippen molar-refractivity contribution in [3.8, 4) is 0 Å². The van der Waals surface area contributed by atoms with Gasteiger partial charge in [-0.3, -0.25) is 4.21 Å². The summed E-state index contributed by atoms with van der Waals surface area (Å²) in [4.78, 5) is 11.0. The normalized spacial score (nSPS) is 11.3. The van der Waals surface area contributed by atoms with Gasteiger partial charge in [0.2, 0.25) is 0 Å². The summed E-state index contributed by atoms with van der Waals surface area (Å²) in [6.07, 6.45) is 1.42. The molecule has 0 aromatic carbocycles. The SMILES string of the molecule is COC(=O)C(=C=C(C)C)S(C)=O. The van der Waals surface area contributed by atoms with Crippen molar-refractivity contribution in [1.29, 1.82) is 0 Å². The first-order valence-electron chi connectivity index (χ1n) is 3.35. The van der Waals surface area contributed by atoms with Gasteiger partial charge >= 0.3 is 5.97 Å². The minimum Gasteiger partial charge on any atom is -0.465 e. The molecule has 0 amide bonds. The van der Waals surface area contributed by atoms with Crippen molar-refractivity contribution in [1.82, 2.24) is 0 Å². The molecule has 0 rings (SSSR count). The minimum atomic E-state index is -1.34. The van der Waals surface area contributed by atoms with Crippen LogP contribution in [0.5, 0.6) is 0 Å². The van der Waals surface area contributed by atoms with Gasteiger partial charge in [-0.2, -0.15) is 0 Å². The number of carbonyl (C=O) groups is 1. The van der Waals surface area contributed by atoms with Crippen molar-refractivity contribution in [3.05, 3.63) is 16.2 Å². The summed E-state index contributed by atoms with van der Waals surface area (Å²) in [5.74, 6) is -0.586. The van der Waals surface area contributed by atoms with Gasteiger partial charge in [0.1, 0.15) is 0 Å². The molecule has 12 heavy (non-hydrogen) atoms. The Kier molecular flexibility index (Phi) is 4.55. The highest BCUT2D eigenvalue weighted by Gasteiger charge is 2.12. The maximum Gasteiger partial charge on any atom is 0.354 e. The van der Waals surface area contributed by atoms with Gasteiger partial charge in [0.15, 0.2) is 4.91 Å². The quantitative estimate of drug-likeness (QED) is 0.368. The van der Waals surface area contributed by atoms with Crippen molar-refractivity contribution in [2.75, 3.05) is 13.4 Å².